The van der Waals surface area contributed by atoms with E-state index in [0.29, 0.717) is 48.0 Å². The molecule has 2 aromatic carbocycles. The Morgan fingerprint density at radius 3 is 2.74 bits per heavy atom. The molecule has 2 heterocycles. The van der Waals surface area contributed by atoms with Crippen LogP contribution in [0.5, 0.6) is 5.75 Å². The van der Waals surface area contributed by atoms with E-state index in [-0.39, 0.29) is 17.9 Å². The first-order valence-electron chi connectivity index (χ1n) is 13.6. The third kappa shape index (κ3) is 6.32. The Morgan fingerprint density at radius 2 is 2.00 bits per heavy atom. The Labute approximate surface area is 230 Å². The normalized spacial score (nSPS) is 18.3. The number of nitrogens with one attached hydrogen (secondary N) is 1. The SMILES string of the molecule is CC1CCN(CCS(=O)(=O)N[C@H]2CCc3c(-c4noc(-c5ccc(OC(C)C)c(C#N)c5)n4)cccc32)CC1. The Hall–Kier alpha value is -3.26. The van der Waals surface area contributed by atoms with Crippen molar-refractivity contribution in [1.29, 1.82) is 5.26 Å². The van der Waals surface area contributed by atoms with E-state index < -0.39 is 10.0 Å². The van der Waals surface area contributed by atoms with Crippen LogP contribution in [0, 0.1) is 17.2 Å². The van der Waals surface area contributed by atoms with Crippen LogP contribution in [0.3, 0.4) is 0 Å². The van der Waals surface area contributed by atoms with Gasteiger partial charge in [0.1, 0.15) is 11.8 Å². The fraction of sp³-hybridized carbons (Fsp3) is 0.483. The first-order valence-corrected chi connectivity index (χ1v) is 15.3. The molecule has 206 valence electrons. The highest BCUT2D eigenvalue weighted by atomic mass is 32.2. The van der Waals surface area contributed by atoms with Gasteiger partial charge in [-0.05, 0) is 87.9 Å². The quantitative estimate of drug-likeness (QED) is 0.408. The molecule has 1 fully saturated rings. The lowest BCUT2D eigenvalue weighted by Gasteiger charge is -2.30. The third-order valence-corrected chi connectivity index (χ3v) is 8.89. The number of ether oxygens (including phenoxy) is 1. The van der Waals surface area contributed by atoms with Crippen LogP contribution in [0.2, 0.25) is 0 Å². The van der Waals surface area contributed by atoms with Gasteiger partial charge in [-0.15, -0.1) is 0 Å². The monoisotopic (exact) mass is 549 g/mol. The van der Waals surface area contributed by atoms with Gasteiger partial charge in [0.25, 0.3) is 5.89 Å². The summed E-state index contributed by atoms with van der Waals surface area (Å²) in [6, 6.07) is 12.9. The largest absolute Gasteiger partial charge is 0.490 e. The topological polar surface area (TPSA) is 121 Å². The van der Waals surface area contributed by atoms with Gasteiger partial charge in [0, 0.05) is 23.7 Å². The van der Waals surface area contributed by atoms with Crippen molar-refractivity contribution in [2.24, 2.45) is 5.92 Å². The number of aromatic nitrogens is 2. The minimum absolute atomic E-state index is 0.0509. The summed E-state index contributed by atoms with van der Waals surface area (Å²) in [4.78, 5) is 6.86. The van der Waals surface area contributed by atoms with Gasteiger partial charge in [-0.1, -0.05) is 30.3 Å². The molecular weight excluding hydrogens is 514 g/mol. The van der Waals surface area contributed by atoms with Gasteiger partial charge in [-0.25, -0.2) is 13.1 Å². The summed E-state index contributed by atoms with van der Waals surface area (Å²) in [6.45, 7) is 8.55. The fourth-order valence-electron chi connectivity index (χ4n) is 5.35. The summed E-state index contributed by atoms with van der Waals surface area (Å²) in [5, 5.41) is 13.8. The maximum atomic E-state index is 12.9. The molecule has 0 bridgehead atoms. The maximum Gasteiger partial charge on any atom is 0.258 e. The molecule has 1 aliphatic carbocycles. The lowest BCUT2D eigenvalue weighted by Crippen LogP contribution is -2.39. The van der Waals surface area contributed by atoms with E-state index in [4.69, 9.17) is 9.26 Å². The molecule has 0 amide bonds. The second kappa shape index (κ2) is 11.5. The number of nitriles is 1. The molecule has 1 atom stereocenters. The molecular formula is C29H35N5O4S. The van der Waals surface area contributed by atoms with E-state index in [2.05, 4.69) is 32.8 Å². The molecule has 39 heavy (non-hydrogen) atoms. The summed E-state index contributed by atoms with van der Waals surface area (Å²) in [5.41, 5.74) is 3.83. The number of hydrogen-bond acceptors (Lipinski definition) is 8. The number of hydrogen-bond donors (Lipinski definition) is 1. The first-order chi connectivity index (χ1) is 18.7. The molecule has 1 N–H and O–H groups in total. The number of nitrogens with zero attached hydrogens (tertiary/aromatic N) is 4. The van der Waals surface area contributed by atoms with Crippen molar-refractivity contribution < 1.29 is 17.7 Å². The number of benzene rings is 2. The van der Waals surface area contributed by atoms with Gasteiger partial charge in [-0.3, -0.25) is 0 Å². The van der Waals surface area contributed by atoms with Crippen molar-refractivity contribution in [2.45, 2.75) is 58.6 Å². The number of likely N-dealkylation sites (tertiary alicyclic amines) is 1. The van der Waals surface area contributed by atoms with Crippen LogP contribution in [0.4, 0.5) is 0 Å². The van der Waals surface area contributed by atoms with E-state index in [9.17, 15) is 13.7 Å². The number of piperidine rings is 1. The third-order valence-electron chi connectivity index (χ3n) is 7.52. The van der Waals surface area contributed by atoms with Crippen LogP contribution in [-0.4, -0.2) is 54.9 Å². The summed E-state index contributed by atoms with van der Waals surface area (Å²) in [5.74, 6) is 2.07. The summed E-state index contributed by atoms with van der Waals surface area (Å²) in [7, 11) is -3.43. The Kier molecular flexibility index (Phi) is 8.03. The maximum absolute atomic E-state index is 12.9. The molecule has 1 aromatic heterocycles. The highest BCUT2D eigenvalue weighted by Gasteiger charge is 2.30. The molecule has 0 radical (unpaired) electrons. The Bertz CT molecular complexity index is 1470. The first kappa shape index (κ1) is 27.3. The molecule has 0 saturated carbocycles. The fourth-order valence-corrected chi connectivity index (χ4v) is 6.65. The molecule has 1 saturated heterocycles. The van der Waals surface area contributed by atoms with Gasteiger partial charge in [0.05, 0.1) is 17.4 Å². The van der Waals surface area contributed by atoms with Gasteiger partial charge < -0.3 is 14.2 Å². The van der Waals surface area contributed by atoms with E-state index in [1.165, 1.54) is 0 Å². The zero-order valence-electron chi connectivity index (χ0n) is 22.7. The molecule has 5 rings (SSSR count). The number of rotatable bonds is 9. The van der Waals surface area contributed by atoms with Crippen LogP contribution >= 0.6 is 0 Å². The molecule has 0 unspecified atom stereocenters. The zero-order chi connectivity index (χ0) is 27.6. The van der Waals surface area contributed by atoms with Crippen molar-refractivity contribution in [1.82, 2.24) is 19.8 Å². The summed E-state index contributed by atoms with van der Waals surface area (Å²) >= 11 is 0. The predicted molar refractivity (Wildman–Crippen MR) is 148 cm³/mol. The van der Waals surface area contributed by atoms with E-state index in [1.54, 1.807) is 18.2 Å². The van der Waals surface area contributed by atoms with Crippen molar-refractivity contribution in [3.05, 3.63) is 53.1 Å². The highest BCUT2D eigenvalue weighted by molar-refractivity contribution is 7.89. The standard InChI is InChI=1S/C29H35N5O4S/c1-19(2)37-27-10-7-21(17-22(27)18-30)29-31-28(32-38-29)25-6-4-5-24-23(25)8-9-26(24)33-39(35,36)16-15-34-13-11-20(3)12-14-34/h4-7,10,17,19-20,26,33H,8-9,11-16H2,1-3H3/t26-/m0/s1. The van der Waals surface area contributed by atoms with E-state index in [0.717, 1.165) is 48.5 Å². The van der Waals surface area contributed by atoms with Gasteiger partial charge in [-0.2, -0.15) is 10.2 Å². The average Bonchev–Trinajstić information content (AvgIpc) is 3.56. The summed E-state index contributed by atoms with van der Waals surface area (Å²) in [6.07, 6.45) is 3.60. The number of fused-ring (bicyclic) bond motifs is 1. The number of sulfonamides is 1. The predicted octanol–water partition coefficient (Wildman–Crippen LogP) is 4.70. The van der Waals surface area contributed by atoms with Crippen molar-refractivity contribution >= 4 is 10.0 Å². The molecule has 9 nitrogen and oxygen atoms in total. The van der Waals surface area contributed by atoms with Crippen molar-refractivity contribution in [3.8, 4) is 34.7 Å². The molecule has 0 spiro atoms. The highest BCUT2D eigenvalue weighted by Crippen LogP contribution is 2.38. The average molecular weight is 550 g/mol. The minimum Gasteiger partial charge on any atom is -0.490 e. The smallest absolute Gasteiger partial charge is 0.258 e. The lowest BCUT2D eigenvalue weighted by atomic mass is 9.99. The van der Waals surface area contributed by atoms with Gasteiger partial charge >= 0.3 is 0 Å². The molecule has 1 aliphatic heterocycles. The van der Waals surface area contributed by atoms with Crippen molar-refractivity contribution in [2.75, 3.05) is 25.4 Å². The van der Waals surface area contributed by atoms with E-state index >= 15 is 0 Å². The van der Waals surface area contributed by atoms with Gasteiger partial charge in [0.2, 0.25) is 15.8 Å². The lowest BCUT2D eigenvalue weighted by molar-refractivity contribution is 0.202. The van der Waals surface area contributed by atoms with Crippen LogP contribution in [0.1, 0.15) is 62.8 Å². The van der Waals surface area contributed by atoms with Crippen LogP contribution < -0.4 is 9.46 Å². The molecule has 10 heteroatoms. The van der Waals surface area contributed by atoms with Crippen LogP contribution in [-0.2, 0) is 16.4 Å². The molecule has 3 aromatic rings. The summed E-state index contributed by atoms with van der Waals surface area (Å²) < 4.78 is 40.1. The van der Waals surface area contributed by atoms with Crippen LogP contribution in [0.25, 0.3) is 22.8 Å². The molecule has 2 aliphatic rings. The second-order valence-corrected chi connectivity index (χ2v) is 12.7. The minimum atomic E-state index is -3.43. The van der Waals surface area contributed by atoms with Crippen LogP contribution in [0.15, 0.2) is 40.9 Å². The van der Waals surface area contributed by atoms with Gasteiger partial charge in [0.15, 0.2) is 0 Å². The zero-order valence-corrected chi connectivity index (χ0v) is 23.5. The Morgan fingerprint density at radius 1 is 1.21 bits per heavy atom. The van der Waals surface area contributed by atoms with Crippen molar-refractivity contribution in [3.63, 3.8) is 0 Å². The van der Waals surface area contributed by atoms with E-state index in [1.807, 2.05) is 32.0 Å². The Balaban J connectivity index is 1.30. The second-order valence-electron chi connectivity index (χ2n) is 10.8.